The van der Waals surface area contributed by atoms with Crippen LogP contribution in [0.1, 0.15) is 20.8 Å². The predicted molar refractivity (Wildman–Crippen MR) is 81.3 cm³/mol. The molecule has 21 heavy (non-hydrogen) atoms. The molecule has 0 aromatic heterocycles. The molecule has 2 aliphatic rings. The van der Waals surface area contributed by atoms with Gasteiger partial charge in [0.1, 0.15) is 17.3 Å². The third kappa shape index (κ3) is 2.85. The first-order valence-electron chi connectivity index (χ1n) is 6.32. The minimum atomic E-state index is -0.918. The molecule has 0 bridgehead atoms. The Balaban J connectivity index is 2.31. The van der Waals surface area contributed by atoms with E-state index in [2.05, 4.69) is 10.0 Å². The van der Waals surface area contributed by atoms with E-state index < -0.39 is 35.7 Å². The number of aliphatic hydroxyl groups is 1. The molecule has 1 N–H and O–H groups in total. The van der Waals surface area contributed by atoms with Crippen LogP contribution in [0.4, 0.5) is 0 Å². The first kappa shape index (κ1) is 16.1. The lowest BCUT2D eigenvalue weighted by Gasteiger charge is -2.51. The maximum Gasteiger partial charge on any atom is 0.355 e. The summed E-state index contributed by atoms with van der Waals surface area (Å²) < 4.78 is 4.88. The van der Waals surface area contributed by atoms with Crippen LogP contribution in [-0.2, 0) is 14.3 Å². The number of azide groups is 1. The van der Waals surface area contributed by atoms with E-state index in [1.165, 1.54) is 11.0 Å². The van der Waals surface area contributed by atoms with Crippen molar-refractivity contribution < 1.29 is 19.4 Å². The molecule has 1 amide bonds. The summed E-state index contributed by atoms with van der Waals surface area (Å²) in [6, 6.07) is -1.42. The summed E-state index contributed by atoms with van der Waals surface area (Å²) in [5.74, 6) is -1.13. The van der Waals surface area contributed by atoms with E-state index in [9.17, 15) is 14.7 Å². The highest BCUT2D eigenvalue weighted by Crippen LogP contribution is 2.39. The smallest absolute Gasteiger partial charge is 0.355 e. The third-order valence-electron chi connectivity index (χ3n) is 3.14. The van der Waals surface area contributed by atoms with Gasteiger partial charge >= 0.3 is 5.97 Å². The van der Waals surface area contributed by atoms with Gasteiger partial charge in [-0.1, -0.05) is 27.7 Å². The maximum atomic E-state index is 12.2. The highest BCUT2D eigenvalue weighted by atomic mass is 127. The minimum Gasteiger partial charge on any atom is -0.455 e. The van der Waals surface area contributed by atoms with Crippen molar-refractivity contribution in [1.82, 2.24) is 4.90 Å². The summed E-state index contributed by atoms with van der Waals surface area (Å²) in [4.78, 5) is 28.1. The molecule has 1 saturated heterocycles. The molecule has 4 atom stereocenters. The summed E-state index contributed by atoms with van der Waals surface area (Å²) in [6.45, 7) is 5.14. The van der Waals surface area contributed by atoms with Crippen molar-refractivity contribution in [1.29, 1.82) is 0 Å². The Morgan fingerprint density at radius 1 is 1.57 bits per heavy atom. The fraction of sp³-hybridized carbons (Fsp3) is 0.667. The number of β-lactam (4-membered cyclic amide) rings is 1. The number of hydrogen-bond acceptors (Lipinski definition) is 5. The lowest BCUT2D eigenvalue weighted by molar-refractivity contribution is -0.161. The normalized spacial score (nSPS) is 31.6. The fourth-order valence-corrected chi connectivity index (χ4v) is 3.22. The highest BCUT2D eigenvalue weighted by Gasteiger charge is 2.56. The molecule has 0 spiro atoms. The van der Waals surface area contributed by atoms with E-state index in [-0.39, 0.29) is 9.62 Å². The second-order valence-electron chi connectivity index (χ2n) is 5.84. The van der Waals surface area contributed by atoms with Crippen molar-refractivity contribution in [3.8, 4) is 0 Å². The topological polar surface area (TPSA) is 116 Å². The number of fused-ring (bicyclic) bond motifs is 1. The van der Waals surface area contributed by atoms with Crippen LogP contribution in [0, 0.1) is 0 Å². The van der Waals surface area contributed by atoms with Gasteiger partial charge in [0.25, 0.3) is 0 Å². The molecule has 2 rings (SSSR count). The molecule has 8 nitrogen and oxygen atoms in total. The number of alkyl halides is 1. The Morgan fingerprint density at radius 2 is 2.19 bits per heavy atom. The fourth-order valence-electron chi connectivity index (χ4n) is 2.30. The van der Waals surface area contributed by atoms with Gasteiger partial charge in [0, 0.05) is 4.91 Å². The number of esters is 1. The quantitative estimate of drug-likeness (QED) is 0.141. The predicted octanol–water partition coefficient (Wildman–Crippen LogP) is 1.28. The van der Waals surface area contributed by atoms with Gasteiger partial charge in [-0.15, -0.1) is 0 Å². The van der Waals surface area contributed by atoms with Gasteiger partial charge < -0.3 is 14.7 Å². The van der Waals surface area contributed by atoms with Crippen LogP contribution in [0.3, 0.4) is 0 Å². The molecule has 0 radical (unpaired) electrons. The number of aliphatic hydroxyl groups excluding tert-OH is 1. The zero-order valence-corrected chi connectivity index (χ0v) is 13.9. The van der Waals surface area contributed by atoms with E-state index in [0.29, 0.717) is 0 Å². The number of ether oxygens (including phenoxy) is 1. The largest absolute Gasteiger partial charge is 0.455 e. The minimum absolute atomic E-state index is 0.00438. The lowest BCUT2D eigenvalue weighted by atomic mass is 9.86. The van der Waals surface area contributed by atoms with Crippen molar-refractivity contribution in [2.24, 2.45) is 5.11 Å². The Morgan fingerprint density at radius 3 is 2.71 bits per heavy atom. The molecule has 9 heteroatoms. The number of nitrogens with zero attached hydrogens (tertiary/aromatic N) is 4. The van der Waals surface area contributed by atoms with Crippen LogP contribution in [0.25, 0.3) is 10.4 Å². The lowest BCUT2D eigenvalue weighted by Crippen LogP contribution is -2.70. The molecule has 0 aromatic rings. The first-order valence-corrected chi connectivity index (χ1v) is 7.56. The van der Waals surface area contributed by atoms with E-state index >= 15 is 0 Å². The zero-order valence-electron chi connectivity index (χ0n) is 11.7. The van der Waals surface area contributed by atoms with Gasteiger partial charge in [-0.3, -0.25) is 4.79 Å². The van der Waals surface area contributed by atoms with Crippen LogP contribution < -0.4 is 0 Å². The van der Waals surface area contributed by atoms with Gasteiger partial charge in [-0.2, -0.15) is 0 Å². The summed E-state index contributed by atoms with van der Waals surface area (Å²) in [6.07, 6.45) is 0.394. The monoisotopic (exact) mass is 406 g/mol. The van der Waals surface area contributed by atoms with Crippen LogP contribution >= 0.6 is 22.6 Å². The van der Waals surface area contributed by atoms with Gasteiger partial charge in [0.2, 0.25) is 5.91 Å². The zero-order chi connectivity index (χ0) is 15.9. The van der Waals surface area contributed by atoms with Crippen molar-refractivity contribution >= 4 is 34.5 Å². The van der Waals surface area contributed by atoms with Crippen molar-refractivity contribution in [3.63, 3.8) is 0 Å². The Bertz CT molecular complexity index is 564. The van der Waals surface area contributed by atoms with Gasteiger partial charge in [0.15, 0.2) is 0 Å². The average Bonchev–Trinajstić information content (AvgIpc) is 2.36. The number of rotatable bonds is 2. The average molecular weight is 406 g/mol. The molecular weight excluding hydrogens is 391 g/mol. The van der Waals surface area contributed by atoms with E-state index in [1.54, 1.807) is 20.8 Å². The molecule has 2 heterocycles. The molecule has 114 valence electrons. The van der Waals surface area contributed by atoms with Gasteiger partial charge in [-0.25, -0.2) is 4.79 Å². The number of amides is 1. The van der Waals surface area contributed by atoms with Crippen LogP contribution in [0.15, 0.2) is 16.9 Å². The SMILES string of the molecule is CC(C)(C)OC(=O)C1=C[C@@H](O)[C@H](I)[C@@H]2[C@H](N=[N+]=[N-])C(=O)N12. The van der Waals surface area contributed by atoms with E-state index in [1.807, 2.05) is 22.6 Å². The molecule has 0 aliphatic carbocycles. The van der Waals surface area contributed by atoms with Crippen LogP contribution in [0.2, 0.25) is 0 Å². The van der Waals surface area contributed by atoms with Crippen molar-refractivity contribution in [3.05, 3.63) is 22.2 Å². The van der Waals surface area contributed by atoms with Crippen LogP contribution in [-0.4, -0.2) is 49.6 Å². The van der Waals surface area contributed by atoms with E-state index in [4.69, 9.17) is 10.3 Å². The molecule has 0 saturated carbocycles. The van der Waals surface area contributed by atoms with Gasteiger partial charge in [-0.05, 0) is 32.4 Å². The number of carbonyl (C=O) groups excluding carboxylic acids is 2. The summed E-state index contributed by atoms with van der Waals surface area (Å²) in [5, 5.41) is 13.5. The van der Waals surface area contributed by atoms with Crippen LogP contribution in [0.5, 0.6) is 0 Å². The van der Waals surface area contributed by atoms with Crippen molar-refractivity contribution in [2.75, 3.05) is 0 Å². The highest BCUT2D eigenvalue weighted by molar-refractivity contribution is 14.1. The molecule has 1 fully saturated rings. The summed E-state index contributed by atoms with van der Waals surface area (Å²) >= 11 is 1.98. The third-order valence-corrected chi connectivity index (χ3v) is 4.61. The maximum absolute atomic E-state index is 12.2. The first-order chi connectivity index (χ1) is 9.67. The molecule has 2 aliphatic heterocycles. The van der Waals surface area contributed by atoms with Crippen molar-refractivity contribution in [2.45, 2.75) is 48.5 Å². The molecule has 0 aromatic carbocycles. The Labute approximate surface area is 134 Å². The number of halogens is 1. The summed E-state index contributed by atoms with van der Waals surface area (Å²) in [7, 11) is 0. The molecular formula is C12H15IN4O4. The van der Waals surface area contributed by atoms with E-state index in [0.717, 1.165) is 0 Å². The summed E-state index contributed by atoms with van der Waals surface area (Å²) in [5.41, 5.74) is 7.80. The second-order valence-corrected chi connectivity index (χ2v) is 7.28. The number of hydrogen-bond donors (Lipinski definition) is 1. The molecule has 0 unspecified atom stereocenters. The number of carbonyl (C=O) groups is 2. The Hall–Kier alpha value is -1.32. The van der Waals surface area contributed by atoms with Gasteiger partial charge in [0.05, 0.1) is 16.1 Å². The second kappa shape index (κ2) is 5.47. The Kier molecular flexibility index (Phi) is 4.18. The standard InChI is InChI=1S/C12H15IN4O4/c1-12(2,3)21-11(20)5-4-6(18)7(13)9-8(15-16-14)10(19)17(5)9/h4,6-9,18H,1-3H3/t6-,7+,8+,9-/m1/s1.